The van der Waals surface area contributed by atoms with E-state index in [1.54, 1.807) is 12.1 Å². The summed E-state index contributed by atoms with van der Waals surface area (Å²) in [5.41, 5.74) is 10.9. The first-order valence-corrected chi connectivity index (χ1v) is 12.0. The fraction of sp³-hybridized carbons (Fsp3) is 0.500. The lowest BCUT2D eigenvalue weighted by Gasteiger charge is -2.31. The second-order valence-corrected chi connectivity index (χ2v) is 9.57. The predicted octanol–water partition coefficient (Wildman–Crippen LogP) is 2.58. The van der Waals surface area contributed by atoms with Crippen molar-refractivity contribution in [1.82, 2.24) is 5.32 Å². The van der Waals surface area contributed by atoms with E-state index in [9.17, 15) is 14.8 Å². The van der Waals surface area contributed by atoms with Gasteiger partial charge in [-0.25, -0.2) is 0 Å². The monoisotopic (exact) mass is 434 g/mol. The molecule has 4 atom stereocenters. The summed E-state index contributed by atoms with van der Waals surface area (Å²) in [5, 5.41) is 22.6. The number of hydrogen-bond acceptors (Lipinski definition) is 5. The Bertz CT molecular complexity index is 948. The molecule has 170 valence electrons. The van der Waals surface area contributed by atoms with Crippen LogP contribution in [0.5, 0.6) is 0 Å². The zero-order valence-electron chi connectivity index (χ0n) is 19.0. The van der Waals surface area contributed by atoms with Gasteiger partial charge in [-0.05, 0) is 71.7 Å². The standard InChI is InChI=1S/C26H35BN2O3/c1-17(19-5-3-6-20(9-8-19)22-7-2-4-18(14-22)16-28)26(30)25-24-15-23(27(31)32)11-10-21(24)12-13-29-25/h2,4,7,10-11,14-15,17,19-20,25,29,31-32H,3,5-6,8-9,12-13,16,28H2,1H3. The van der Waals surface area contributed by atoms with Crippen molar-refractivity contribution in [2.75, 3.05) is 6.54 Å². The van der Waals surface area contributed by atoms with Crippen LogP contribution < -0.4 is 16.5 Å². The molecular formula is C26H35BN2O3. The second-order valence-electron chi connectivity index (χ2n) is 9.57. The molecule has 2 aromatic rings. The third-order valence-corrected chi connectivity index (χ3v) is 7.63. The van der Waals surface area contributed by atoms with Gasteiger partial charge in [0.1, 0.15) is 0 Å². The molecule has 1 aliphatic carbocycles. The van der Waals surface area contributed by atoms with Crippen LogP contribution in [0.2, 0.25) is 0 Å². The number of nitrogens with one attached hydrogen (secondary N) is 1. The summed E-state index contributed by atoms with van der Waals surface area (Å²) in [6, 6.07) is 13.7. The number of nitrogens with two attached hydrogens (primary N) is 1. The van der Waals surface area contributed by atoms with Gasteiger partial charge in [-0.2, -0.15) is 0 Å². The summed E-state index contributed by atoms with van der Waals surface area (Å²) >= 11 is 0. The molecule has 0 spiro atoms. The van der Waals surface area contributed by atoms with Crippen molar-refractivity contribution < 1.29 is 14.8 Å². The molecule has 5 nitrogen and oxygen atoms in total. The molecular weight excluding hydrogens is 399 g/mol. The van der Waals surface area contributed by atoms with Crippen LogP contribution in [0.1, 0.15) is 73.2 Å². The van der Waals surface area contributed by atoms with Gasteiger partial charge in [0.15, 0.2) is 5.78 Å². The number of fused-ring (bicyclic) bond motifs is 1. The molecule has 32 heavy (non-hydrogen) atoms. The summed E-state index contributed by atoms with van der Waals surface area (Å²) < 4.78 is 0. The van der Waals surface area contributed by atoms with E-state index in [1.165, 1.54) is 11.1 Å². The first-order valence-electron chi connectivity index (χ1n) is 12.0. The Labute approximate surface area is 191 Å². The van der Waals surface area contributed by atoms with E-state index in [0.29, 0.717) is 23.8 Å². The Hall–Kier alpha value is -1.99. The van der Waals surface area contributed by atoms with Gasteiger partial charge in [0, 0.05) is 19.0 Å². The Morgan fingerprint density at radius 3 is 2.78 bits per heavy atom. The van der Waals surface area contributed by atoms with Crippen molar-refractivity contribution in [2.24, 2.45) is 17.6 Å². The maximum atomic E-state index is 13.6. The highest BCUT2D eigenvalue weighted by atomic mass is 16.4. The molecule has 1 heterocycles. The van der Waals surface area contributed by atoms with Gasteiger partial charge >= 0.3 is 7.12 Å². The number of carbonyl (C=O) groups is 1. The average Bonchev–Trinajstić information content (AvgIpc) is 3.08. The molecule has 0 amide bonds. The molecule has 0 aromatic heterocycles. The quantitative estimate of drug-likeness (QED) is 0.414. The lowest BCUT2D eigenvalue weighted by Crippen LogP contribution is -2.41. The smallest absolute Gasteiger partial charge is 0.423 e. The Balaban J connectivity index is 1.46. The predicted molar refractivity (Wildman–Crippen MR) is 129 cm³/mol. The zero-order chi connectivity index (χ0) is 22.7. The van der Waals surface area contributed by atoms with Crippen molar-refractivity contribution in [1.29, 1.82) is 0 Å². The number of benzene rings is 2. The molecule has 1 fully saturated rings. The van der Waals surface area contributed by atoms with Crippen molar-refractivity contribution >= 4 is 18.4 Å². The summed E-state index contributed by atoms with van der Waals surface area (Å²) in [6.45, 7) is 3.42. The van der Waals surface area contributed by atoms with E-state index in [-0.39, 0.29) is 17.7 Å². The highest BCUT2D eigenvalue weighted by molar-refractivity contribution is 6.58. The Kier molecular flexibility index (Phi) is 7.46. The third-order valence-electron chi connectivity index (χ3n) is 7.63. The van der Waals surface area contributed by atoms with E-state index < -0.39 is 7.12 Å². The van der Waals surface area contributed by atoms with Crippen LogP contribution in [-0.4, -0.2) is 29.5 Å². The largest absolute Gasteiger partial charge is 0.488 e. The number of carbonyl (C=O) groups excluding carboxylic acids is 1. The molecule has 2 aliphatic rings. The molecule has 4 rings (SSSR count). The molecule has 1 aliphatic heterocycles. The summed E-state index contributed by atoms with van der Waals surface area (Å²) in [4.78, 5) is 13.6. The third kappa shape index (κ3) is 4.99. The first-order chi connectivity index (χ1) is 15.5. The fourth-order valence-corrected chi connectivity index (χ4v) is 5.62. The molecule has 0 radical (unpaired) electrons. The van der Waals surface area contributed by atoms with Gasteiger partial charge in [-0.1, -0.05) is 55.8 Å². The van der Waals surface area contributed by atoms with Crippen LogP contribution in [0.15, 0.2) is 42.5 Å². The van der Waals surface area contributed by atoms with Gasteiger partial charge in [0.25, 0.3) is 0 Å². The van der Waals surface area contributed by atoms with E-state index in [1.807, 2.05) is 6.07 Å². The molecule has 6 heteroatoms. The average molecular weight is 434 g/mol. The van der Waals surface area contributed by atoms with Crippen LogP contribution in [0, 0.1) is 11.8 Å². The molecule has 5 N–H and O–H groups in total. The van der Waals surface area contributed by atoms with E-state index in [2.05, 4.69) is 36.5 Å². The number of rotatable bonds is 6. The lowest BCUT2D eigenvalue weighted by molar-refractivity contribution is -0.126. The molecule has 0 bridgehead atoms. The van der Waals surface area contributed by atoms with Gasteiger partial charge in [0.2, 0.25) is 0 Å². The Morgan fingerprint density at radius 2 is 2.00 bits per heavy atom. The minimum Gasteiger partial charge on any atom is -0.423 e. The summed E-state index contributed by atoms with van der Waals surface area (Å²) in [7, 11) is -1.52. The van der Waals surface area contributed by atoms with E-state index in [0.717, 1.165) is 56.2 Å². The first kappa shape index (κ1) is 23.2. The van der Waals surface area contributed by atoms with Gasteiger partial charge in [0.05, 0.1) is 6.04 Å². The minimum atomic E-state index is -1.52. The maximum absolute atomic E-state index is 13.6. The van der Waals surface area contributed by atoms with Gasteiger partial charge in [-0.3, -0.25) is 4.79 Å². The SMILES string of the molecule is CC(C(=O)C1NCCc2ccc(B(O)O)cc21)C1CCCC(c2cccc(CN)c2)CC1. The maximum Gasteiger partial charge on any atom is 0.488 e. The Morgan fingerprint density at radius 1 is 1.16 bits per heavy atom. The van der Waals surface area contributed by atoms with Crippen molar-refractivity contribution in [3.8, 4) is 0 Å². The van der Waals surface area contributed by atoms with Gasteiger partial charge in [-0.15, -0.1) is 0 Å². The van der Waals surface area contributed by atoms with Crippen molar-refractivity contribution in [3.05, 3.63) is 64.7 Å². The molecule has 4 unspecified atom stereocenters. The van der Waals surface area contributed by atoms with E-state index in [4.69, 9.17) is 5.73 Å². The van der Waals surface area contributed by atoms with Crippen LogP contribution in [0.3, 0.4) is 0 Å². The fourth-order valence-electron chi connectivity index (χ4n) is 5.62. The number of Topliss-reactive ketones (excluding diaryl/α,β-unsaturated/α-hetero) is 1. The highest BCUT2D eigenvalue weighted by Gasteiger charge is 2.34. The topological polar surface area (TPSA) is 95.6 Å². The lowest BCUT2D eigenvalue weighted by atomic mass is 9.75. The van der Waals surface area contributed by atoms with Crippen LogP contribution in [-0.2, 0) is 17.8 Å². The molecule has 1 saturated carbocycles. The van der Waals surface area contributed by atoms with E-state index >= 15 is 0 Å². The zero-order valence-corrected chi connectivity index (χ0v) is 19.0. The van der Waals surface area contributed by atoms with Gasteiger partial charge < -0.3 is 21.1 Å². The van der Waals surface area contributed by atoms with Crippen LogP contribution >= 0.6 is 0 Å². The molecule has 2 aromatic carbocycles. The minimum absolute atomic E-state index is 0.0321. The second kappa shape index (κ2) is 10.3. The summed E-state index contributed by atoms with van der Waals surface area (Å²) in [5.74, 6) is 1.11. The number of hydrogen-bond donors (Lipinski definition) is 4. The van der Waals surface area contributed by atoms with Crippen LogP contribution in [0.4, 0.5) is 0 Å². The number of ketones is 1. The normalized spacial score (nSPS) is 24.3. The highest BCUT2D eigenvalue weighted by Crippen LogP contribution is 2.39. The van der Waals surface area contributed by atoms with Crippen molar-refractivity contribution in [2.45, 2.75) is 64.0 Å². The van der Waals surface area contributed by atoms with Crippen molar-refractivity contribution in [3.63, 3.8) is 0 Å². The van der Waals surface area contributed by atoms with Crippen LogP contribution in [0.25, 0.3) is 0 Å². The summed E-state index contributed by atoms with van der Waals surface area (Å²) in [6.07, 6.45) is 6.38. The molecule has 0 saturated heterocycles.